The van der Waals surface area contributed by atoms with Crippen LogP contribution in [-0.2, 0) is 59.0 Å². The number of Topliss-reactive ketones (excluding diaryl/α,β-unsaturated/α-hetero) is 1. The number of ether oxygens (including phenoxy) is 4. The van der Waals surface area contributed by atoms with Gasteiger partial charge >= 0.3 is 18.0 Å². The summed E-state index contributed by atoms with van der Waals surface area (Å²) < 4.78 is 23.9. The van der Waals surface area contributed by atoms with Gasteiger partial charge in [-0.2, -0.15) is 11.8 Å². The molecule has 5 aliphatic heterocycles. The predicted molar refractivity (Wildman–Crippen MR) is 316 cm³/mol. The van der Waals surface area contributed by atoms with Crippen LogP contribution in [0.3, 0.4) is 0 Å². The number of unbranched alkanes of at least 4 members (excludes halogenated alkanes) is 1. The lowest BCUT2D eigenvalue weighted by molar-refractivity contribution is -0.162. The molecule has 1 aromatic carbocycles. The predicted octanol–water partition coefficient (Wildman–Crippen LogP) is 4.03. The van der Waals surface area contributed by atoms with E-state index < -0.39 is 127 Å². The Morgan fingerprint density at radius 2 is 1.65 bits per heavy atom. The molecule has 6 rings (SSSR count). The number of nitrogens with one attached hydrogen (secondary N) is 5. The van der Waals surface area contributed by atoms with Crippen LogP contribution >= 0.6 is 11.8 Å². The Labute approximate surface area is 500 Å². The minimum absolute atomic E-state index is 0.0244. The summed E-state index contributed by atoms with van der Waals surface area (Å²) in [5.74, 6) is -6.77. The molecule has 0 spiro atoms. The number of hydrogen-bond acceptors (Lipinski definition) is 16. The first-order chi connectivity index (χ1) is 39.8. The number of nitrogens with zero attached hydrogens (tertiary/aromatic N) is 3. The Morgan fingerprint density at radius 1 is 0.952 bits per heavy atom. The number of esters is 2. The fraction of sp³-hybridized carbons (Fsp3) is 0.721. The lowest BCUT2D eigenvalue weighted by atomic mass is 9.91. The first-order valence-corrected chi connectivity index (χ1v) is 31.2. The van der Waals surface area contributed by atoms with E-state index in [2.05, 4.69) is 33.2 Å². The summed E-state index contributed by atoms with van der Waals surface area (Å²) in [6.45, 7) is 20.2. The minimum atomic E-state index is -1.73. The first-order valence-electron chi connectivity index (χ1n) is 30.2. The van der Waals surface area contributed by atoms with Gasteiger partial charge < -0.3 is 60.4 Å². The van der Waals surface area contributed by atoms with Gasteiger partial charge in [-0.3, -0.25) is 43.3 Å². The molecule has 6 N–H and O–H groups in total. The Balaban J connectivity index is 1.35. The summed E-state index contributed by atoms with van der Waals surface area (Å²) in [5, 5.41) is 26.6. The average molecular weight is 1200 g/mol. The smallest absolute Gasteiger partial charge is 0.324 e. The number of amides is 7. The van der Waals surface area contributed by atoms with Crippen LogP contribution in [0.4, 0.5) is 4.79 Å². The van der Waals surface area contributed by atoms with E-state index in [0.717, 1.165) is 12.2 Å². The van der Waals surface area contributed by atoms with Crippen LogP contribution < -0.4 is 31.3 Å². The molecule has 22 nitrogen and oxygen atoms in total. The number of cyclic esters (lactones) is 2. The Bertz CT molecular complexity index is 2500. The number of aliphatic hydroxyl groups excluding tert-OH is 1. The molecule has 1 aromatic rings. The highest BCUT2D eigenvalue weighted by atomic mass is 32.2. The zero-order valence-electron chi connectivity index (χ0n) is 51.3. The number of fused-ring (bicyclic) bond motifs is 4. The highest BCUT2D eigenvalue weighted by Gasteiger charge is 2.55. The largest absolute Gasteiger partial charge is 0.497 e. The standard InChI is InChI=1S/C61H94N8O14S/c1-14-35(9)49-44(70)30-48(72)82-53(34(7)8)52(73)36(10)55(74)62-39(27-32(3)4)58(77)69-26-18-19-41(69)54-59(83-54)68(12)43(29-37-22-24-38(80-13)25-23-37)60(78)81-45(15-2)51(57(76)64-49)65-56(75)42(28-33(5)6)67(11)47(71)21-17-16-20-46-50-40(31-84-46)63-61(79)66-50/h15,22-25,32-36,39-46,49-51,53-54,59,70H,2,14,16-21,26-31H2,1,3-13H3,(H,62,74)(H,64,76)(H,65,75)(H2,63,66,79)/t35-,36-,39-,40?,41-,42+,43-,44-,45+,46?,49+,50?,51-,53-,54?,59+/m0/s1. The number of carbonyl (C=O) groups is 9. The van der Waals surface area contributed by atoms with Crippen molar-refractivity contribution >= 4 is 65.1 Å². The second-order valence-corrected chi connectivity index (χ2v) is 26.0. The average Bonchev–Trinajstić information content (AvgIpc) is 3.88. The summed E-state index contributed by atoms with van der Waals surface area (Å²) in [6, 6.07) is 0.455. The van der Waals surface area contributed by atoms with E-state index in [4.69, 9.17) is 18.9 Å². The number of ketones is 1. The molecule has 84 heavy (non-hydrogen) atoms. The maximum atomic E-state index is 15.2. The van der Waals surface area contributed by atoms with Gasteiger partial charge in [-0.25, -0.2) is 4.79 Å². The number of methoxy groups -OCH3 is 1. The number of carbonyl (C=O) groups excluding carboxylic acids is 9. The van der Waals surface area contributed by atoms with Crippen molar-refractivity contribution in [1.29, 1.82) is 0 Å². The Kier molecular flexibility index (Phi) is 24.5. The van der Waals surface area contributed by atoms with Gasteiger partial charge in [0.25, 0.3) is 0 Å². The molecule has 5 aliphatic rings. The van der Waals surface area contributed by atoms with Crippen molar-refractivity contribution in [2.75, 3.05) is 33.5 Å². The topological polar surface area (TPSA) is 284 Å². The van der Waals surface area contributed by atoms with Gasteiger partial charge in [-0.1, -0.05) is 86.9 Å². The molecule has 5 fully saturated rings. The van der Waals surface area contributed by atoms with Crippen molar-refractivity contribution in [3.8, 4) is 5.75 Å². The van der Waals surface area contributed by atoms with E-state index in [9.17, 15) is 38.7 Å². The third kappa shape index (κ3) is 17.2. The highest BCUT2D eigenvalue weighted by Crippen LogP contribution is 2.38. The number of thioether (sulfide) groups is 1. The van der Waals surface area contributed by atoms with E-state index in [1.807, 2.05) is 34.6 Å². The van der Waals surface area contributed by atoms with Crippen molar-refractivity contribution < 1.29 is 67.2 Å². The molecule has 0 saturated carbocycles. The number of benzene rings is 1. The maximum absolute atomic E-state index is 15.2. The van der Waals surface area contributed by atoms with Crippen LogP contribution in [0.5, 0.6) is 5.75 Å². The van der Waals surface area contributed by atoms with E-state index in [1.165, 1.54) is 32.1 Å². The molecule has 0 bridgehead atoms. The van der Waals surface area contributed by atoms with Crippen molar-refractivity contribution in [3.63, 3.8) is 0 Å². The van der Waals surface area contributed by atoms with Crippen LogP contribution in [-0.4, -0.2) is 191 Å². The summed E-state index contributed by atoms with van der Waals surface area (Å²) in [6.07, 6.45) is -1.12. The van der Waals surface area contributed by atoms with Gasteiger partial charge in [0.15, 0.2) is 11.9 Å². The molecular weight excluding hydrogens is 1100 g/mol. The summed E-state index contributed by atoms with van der Waals surface area (Å²) in [7, 11) is 4.78. The summed E-state index contributed by atoms with van der Waals surface area (Å²) in [5.41, 5.74) is 0.712. The third-order valence-electron chi connectivity index (χ3n) is 17.2. The fourth-order valence-electron chi connectivity index (χ4n) is 11.9. The number of aliphatic hydroxyl groups is 1. The van der Waals surface area contributed by atoms with E-state index in [-0.39, 0.29) is 72.7 Å². The lowest BCUT2D eigenvalue weighted by Gasteiger charge is -2.35. The highest BCUT2D eigenvalue weighted by molar-refractivity contribution is 8.00. The molecule has 16 atom stereocenters. The fourth-order valence-corrected chi connectivity index (χ4v) is 13.4. The van der Waals surface area contributed by atoms with Crippen molar-refractivity contribution in [2.24, 2.45) is 29.6 Å². The van der Waals surface area contributed by atoms with E-state index >= 15 is 9.59 Å². The normalized spacial score (nSPS) is 31.0. The number of likely N-dealkylation sites (N-methyl/N-ethyl adjacent to an activating group) is 2. The molecule has 468 valence electrons. The van der Waals surface area contributed by atoms with Crippen molar-refractivity contribution in [3.05, 3.63) is 42.5 Å². The molecule has 5 heterocycles. The van der Waals surface area contributed by atoms with Crippen molar-refractivity contribution in [2.45, 2.75) is 217 Å². The Hall–Kier alpha value is -5.78. The van der Waals surface area contributed by atoms with Crippen LogP contribution in [0, 0.1) is 29.6 Å². The number of epoxide rings is 1. The molecular formula is C61H94N8O14S. The molecule has 23 heteroatoms. The third-order valence-corrected chi connectivity index (χ3v) is 18.7. The Morgan fingerprint density at radius 3 is 2.29 bits per heavy atom. The van der Waals surface area contributed by atoms with Crippen LogP contribution in [0.25, 0.3) is 0 Å². The second kappa shape index (κ2) is 30.5. The van der Waals surface area contributed by atoms with Gasteiger partial charge in [-0.15, -0.1) is 0 Å². The monoisotopic (exact) mass is 1190 g/mol. The van der Waals surface area contributed by atoms with Gasteiger partial charge in [0.1, 0.15) is 48.4 Å². The summed E-state index contributed by atoms with van der Waals surface area (Å²) in [4.78, 5) is 133. The van der Waals surface area contributed by atoms with Gasteiger partial charge in [0, 0.05) is 31.0 Å². The van der Waals surface area contributed by atoms with Crippen LogP contribution in [0.1, 0.15) is 132 Å². The number of rotatable bonds is 19. The molecule has 0 aliphatic carbocycles. The van der Waals surface area contributed by atoms with E-state index in [0.29, 0.717) is 50.0 Å². The number of hydrogen-bond donors (Lipinski definition) is 6. The number of urea groups is 1. The van der Waals surface area contributed by atoms with Crippen molar-refractivity contribution in [1.82, 2.24) is 41.3 Å². The molecule has 0 aromatic heterocycles. The molecule has 7 amide bonds. The maximum Gasteiger partial charge on any atom is 0.324 e. The van der Waals surface area contributed by atoms with Gasteiger partial charge in [0.05, 0.1) is 49.7 Å². The zero-order chi connectivity index (χ0) is 61.9. The SMILES string of the molecule is C=C[C@H]1OC(=O)[C@H](Cc2ccc(OC)cc2)N(C)[C@@H]2OC2[C@@H]2CCCN2C(=O)[C@H](CC(C)C)NC(=O)[C@@H](C)C(=O)[C@H](C(C)C)OC(=O)C[C@H](O)[C@@H]([C@@H](C)CC)NC(=O)[C@H]1NC(=O)[C@@H](CC(C)C)N(C)C(=O)CCCCC1SCC2NC(=O)NC21. The zero-order valence-corrected chi connectivity index (χ0v) is 52.1. The first kappa shape index (κ1) is 67.3. The van der Waals surface area contributed by atoms with Gasteiger partial charge in [0.2, 0.25) is 29.5 Å². The second-order valence-electron chi connectivity index (χ2n) is 24.8. The minimum Gasteiger partial charge on any atom is -0.497 e. The van der Waals surface area contributed by atoms with Crippen LogP contribution in [0.15, 0.2) is 36.9 Å². The van der Waals surface area contributed by atoms with E-state index in [1.54, 1.807) is 73.6 Å². The summed E-state index contributed by atoms with van der Waals surface area (Å²) >= 11 is 1.79. The van der Waals surface area contributed by atoms with Crippen LogP contribution in [0.2, 0.25) is 0 Å². The lowest BCUT2D eigenvalue weighted by Crippen LogP contribution is -2.61. The van der Waals surface area contributed by atoms with Gasteiger partial charge in [-0.05, 0) is 106 Å². The quantitative estimate of drug-likeness (QED) is 0.0285. The molecule has 4 unspecified atom stereocenters. The molecule has 5 saturated heterocycles. The molecule has 0 radical (unpaired) electrons.